The predicted molar refractivity (Wildman–Crippen MR) is 91.3 cm³/mol. The zero-order valence-electron chi connectivity index (χ0n) is 13.0. The van der Waals surface area contributed by atoms with Crippen LogP contribution in [0.3, 0.4) is 0 Å². The lowest BCUT2D eigenvalue weighted by Crippen LogP contribution is -2.37. The van der Waals surface area contributed by atoms with Gasteiger partial charge in [0, 0.05) is 11.8 Å². The summed E-state index contributed by atoms with van der Waals surface area (Å²) >= 11 is 1.66. The molecule has 0 spiro atoms. The molecule has 3 nitrogen and oxygen atoms in total. The second kappa shape index (κ2) is 7.23. The van der Waals surface area contributed by atoms with Crippen LogP contribution in [0.2, 0.25) is 0 Å². The number of fused-ring (bicyclic) bond motifs is 1. The molecule has 1 fully saturated rings. The number of carbonyl (C=O) groups is 1. The van der Waals surface area contributed by atoms with E-state index in [2.05, 4.69) is 17.4 Å². The van der Waals surface area contributed by atoms with Crippen LogP contribution < -0.4 is 5.32 Å². The minimum absolute atomic E-state index is 0.197. The Kier molecular flexibility index (Phi) is 5.08. The molecule has 2 atom stereocenters. The summed E-state index contributed by atoms with van der Waals surface area (Å²) < 4.78 is 5.28. The zero-order chi connectivity index (χ0) is 15.4. The number of ether oxygens (including phenoxy) is 1. The van der Waals surface area contributed by atoms with Gasteiger partial charge >= 0.3 is 5.97 Å². The van der Waals surface area contributed by atoms with Gasteiger partial charge in [-0.1, -0.05) is 43.2 Å². The normalized spacial score (nSPS) is 25.0. The molecule has 1 aromatic carbocycles. The fraction of sp³-hybridized carbons (Fsp3) is 0.500. The highest BCUT2D eigenvalue weighted by molar-refractivity contribution is 8.04. The number of benzene rings is 1. The van der Waals surface area contributed by atoms with Crippen molar-refractivity contribution in [2.45, 2.75) is 38.6 Å². The molecular formula is C18H23NO2S. The third kappa shape index (κ3) is 3.32. The molecule has 0 unspecified atom stereocenters. The summed E-state index contributed by atoms with van der Waals surface area (Å²) in [6.45, 7) is 2.27. The van der Waals surface area contributed by atoms with Crippen molar-refractivity contribution >= 4 is 23.4 Å². The molecule has 0 amide bonds. The van der Waals surface area contributed by atoms with Crippen LogP contribution in [0.15, 0.2) is 35.2 Å². The van der Waals surface area contributed by atoms with Crippen molar-refractivity contribution in [2.75, 3.05) is 12.4 Å². The lowest BCUT2D eigenvalue weighted by Gasteiger charge is -2.31. The minimum Gasteiger partial charge on any atom is -0.462 e. The lowest BCUT2D eigenvalue weighted by atomic mass is 9.85. The van der Waals surface area contributed by atoms with Gasteiger partial charge < -0.3 is 10.1 Å². The average Bonchev–Trinajstić information content (AvgIpc) is 2.75. The summed E-state index contributed by atoms with van der Waals surface area (Å²) in [5.74, 6) is 1.45. The maximum absolute atomic E-state index is 12.4. The number of hydrogen-bond acceptors (Lipinski definition) is 4. The molecule has 1 aliphatic heterocycles. The van der Waals surface area contributed by atoms with Crippen molar-refractivity contribution < 1.29 is 9.53 Å². The van der Waals surface area contributed by atoms with Crippen LogP contribution in [0.25, 0.3) is 5.70 Å². The van der Waals surface area contributed by atoms with E-state index in [4.69, 9.17) is 4.74 Å². The average molecular weight is 317 g/mol. The Balaban J connectivity index is 1.96. The Morgan fingerprint density at radius 2 is 2.05 bits per heavy atom. The maximum atomic E-state index is 12.4. The van der Waals surface area contributed by atoms with Crippen LogP contribution in [-0.4, -0.2) is 24.4 Å². The van der Waals surface area contributed by atoms with Crippen molar-refractivity contribution in [2.24, 2.45) is 5.92 Å². The van der Waals surface area contributed by atoms with E-state index in [-0.39, 0.29) is 5.97 Å². The van der Waals surface area contributed by atoms with Gasteiger partial charge in [-0.2, -0.15) is 0 Å². The van der Waals surface area contributed by atoms with Crippen LogP contribution in [0.4, 0.5) is 0 Å². The third-order valence-corrected chi connectivity index (χ3v) is 5.69. The van der Waals surface area contributed by atoms with E-state index in [1.165, 1.54) is 25.7 Å². The molecule has 1 N–H and O–H groups in total. The first-order valence-corrected chi connectivity index (χ1v) is 9.14. The fourth-order valence-electron chi connectivity index (χ4n) is 3.29. The van der Waals surface area contributed by atoms with Crippen molar-refractivity contribution in [3.05, 3.63) is 40.8 Å². The van der Waals surface area contributed by atoms with Crippen LogP contribution >= 0.6 is 11.8 Å². The summed E-state index contributed by atoms with van der Waals surface area (Å²) in [7, 11) is 0. The Bertz CT molecular complexity index is 555. The Morgan fingerprint density at radius 3 is 2.82 bits per heavy atom. The third-order valence-electron chi connectivity index (χ3n) is 4.43. The number of thioether (sulfide) groups is 1. The van der Waals surface area contributed by atoms with E-state index in [0.717, 1.165) is 21.9 Å². The summed E-state index contributed by atoms with van der Waals surface area (Å²) in [6, 6.07) is 10.6. The molecule has 0 bridgehead atoms. The van der Waals surface area contributed by atoms with Crippen molar-refractivity contribution in [3.63, 3.8) is 0 Å². The predicted octanol–water partition coefficient (Wildman–Crippen LogP) is 3.81. The first-order valence-electron chi connectivity index (χ1n) is 8.15. The van der Waals surface area contributed by atoms with E-state index < -0.39 is 0 Å². The van der Waals surface area contributed by atoms with Crippen LogP contribution in [0, 0.1) is 5.92 Å². The van der Waals surface area contributed by atoms with E-state index >= 15 is 0 Å². The molecule has 4 heteroatoms. The number of esters is 1. The Hall–Kier alpha value is -1.42. The second-order valence-electron chi connectivity index (χ2n) is 5.90. The van der Waals surface area contributed by atoms with Gasteiger partial charge in [-0.25, -0.2) is 4.79 Å². The van der Waals surface area contributed by atoms with E-state index in [1.54, 1.807) is 11.8 Å². The first-order chi connectivity index (χ1) is 10.8. The fourth-order valence-corrected chi connectivity index (χ4v) is 4.57. The van der Waals surface area contributed by atoms with Gasteiger partial charge in [-0.3, -0.25) is 0 Å². The maximum Gasteiger partial charge on any atom is 0.346 e. The Morgan fingerprint density at radius 1 is 1.27 bits per heavy atom. The molecule has 1 aliphatic carbocycles. The molecule has 1 heterocycles. The molecule has 22 heavy (non-hydrogen) atoms. The SMILES string of the molecule is CCOC(=O)C1=C(c2ccccc2)N[C@H]2CCCC[C@@H]2CS1. The quantitative estimate of drug-likeness (QED) is 0.860. The highest BCUT2D eigenvalue weighted by Gasteiger charge is 2.32. The topological polar surface area (TPSA) is 38.3 Å². The summed E-state index contributed by atoms with van der Waals surface area (Å²) in [4.78, 5) is 13.1. The van der Waals surface area contributed by atoms with E-state index in [9.17, 15) is 4.79 Å². The largest absolute Gasteiger partial charge is 0.462 e. The number of nitrogens with one attached hydrogen (secondary N) is 1. The van der Waals surface area contributed by atoms with Crippen LogP contribution in [-0.2, 0) is 9.53 Å². The lowest BCUT2D eigenvalue weighted by molar-refractivity contribution is -0.137. The number of carbonyl (C=O) groups excluding carboxylic acids is 1. The van der Waals surface area contributed by atoms with E-state index in [0.29, 0.717) is 18.6 Å². The molecule has 3 rings (SSSR count). The zero-order valence-corrected chi connectivity index (χ0v) is 13.8. The molecule has 0 radical (unpaired) electrons. The molecule has 0 saturated heterocycles. The molecular weight excluding hydrogens is 294 g/mol. The summed E-state index contributed by atoms with van der Waals surface area (Å²) in [6.07, 6.45) is 5.02. The minimum atomic E-state index is -0.197. The molecule has 2 aliphatic rings. The summed E-state index contributed by atoms with van der Waals surface area (Å²) in [5, 5.41) is 3.68. The highest BCUT2D eigenvalue weighted by atomic mass is 32.2. The first kappa shape index (κ1) is 15.5. The van der Waals surface area contributed by atoms with Gasteiger partial charge in [0.2, 0.25) is 0 Å². The Labute approximate surface area is 136 Å². The van der Waals surface area contributed by atoms with Gasteiger partial charge in [0.15, 0.2) is 0 Å². The van der Waals surface area contributed by atoms with Crippen molar-refractivity contribution in [3.8, 4) is 0 Å². The van der Waals surface area contributed by atoms with Crippen molar-refractivity contribution in [1.29, 1.82) is 0 Å². The van der Waals surface area contributed by atoms with Crippen molar-refractivity contribution in [1.82, 2.24) is 5.32 Å². The second-order valence-corrected chi connectivity index (χ2v) is 6.93. The highest BCUT2D eigenvalue weighted by Crippen LogP contribution is 2.37. The molecule has 118 valence electrons. The molecule has 1 aromatic rings. The molecule has 1 saturated carbocycles. The summed E-state index contributed by atoms with van der Waals surface area (Å²) in [5.41, 5.74) is 2.03. The van der Waals surface area contributed by atoms with Crippen LogP contribution in [0.5, 0.6) is 0 Å². The van der Waals surface area contributed by atoms with Gasteiger partial charge in [0.05, 0.1) is 12.3 Å². The van der Waals surface area contributed by atoms with Gasteiger partial charge in [0.25, 0.3) is 0 Å². The van der Waals surface area contributed by atoms with Gasteiger partial charge in [0.1, 0.15) is 4.91 Å². The standard InChI is InChI=1S/C18H23NO2S/c1-2-21-18(20)17-16(13-8-4-3-5-9-13)19-15-11-7-6-10-14(15)12-22-17/h3-5,8-9,14-15,19H,2,6-7,10-12H2,1H3/t14-,15+/m1/s1. The molecule has 0 aromatic heterocycles. The van der Waals surface area contributed by atoms with Crippen LogP contribution in [0.1, 0.15) is 38.2 Å². The number of rotatable bonds is 3. The number of hydrogen-bond donors (Lipinski definition) is 1. The monoisotopic (exact) mass is 317 g/mol. The van der Waals surface area contributed by atoms with E-state index in [1.807, 2.05) is 25.1 Å². The smallest absolute Gasteiger partial charge is 0.346 e. The van der Waals surface area contributed by atoms with Gasteiger partial charge in [-0.05, 0) is 31.2 Å². The van der Waals surface area contributed by atoms with Gasteiger partial charge in [-0.15, -0.1) is 11.8 Å².